The number of carbonyl (C=O) groups is 2. The molecule has 2 N–H and O–H groups in total. The molecule has 0 spiro atoms. The summed E-state index contributed by atoms with van der Waals surface area (Å²) in [6.07, 6.45) is 13.1. The molecule has 9 nitrogen and oxygen atoms in total. The number of aliphatic carboxylic acids is 1. The molecular formula is C29H38N4O5. The molecule has 9 heteroatoms. The summed E-state index contributed by atoms with van der Waals surface area (Å²) in [5.74, 6) is -0.0122. The Hall–Kier alpha value is -2.94. The van der Waals surface area contributed by atoms with E-state index in [0.717, 1.165) is 37.5 Å². The monoisotopic (exact) mass is 522 g/mol. The molecule has 204 valence electrons. The number of carboxylic acid groups (broad SMARTS) is 1. The van der Waals surface area contributed by atoms with Crippen LogP contribution in [-0.2, 0) is 16.1 Å². The van der Waals surface area contributed by atoms with Crippen molar-refractivity contribution in [3.63, 3.8) is 0 Å². The van der Waals surface area contributed by atoms with Crippen molar-refractivity contribution in [1.29, 1.82) is 0 Å². The van der Waals surface area contributed by atoms with E-state index in [1.165, 1.54) is 54.1 Å². The first kappa shape index (κ1) is 25.3. The predicted octanol–water partition coefficient (Wildman–Crippen LogP) is 2.89. The third-order valence-electron chi connectivity index (χ3n) is 9.71. The fraction of sp³-hybridized carbons (Fsp3) is 0.655. The van der Waals surface area contributed by atoms with Crippen LogP contribution in [0, 0.1) is 11.8 Å². The fourth-order valence-electron chi connectivity index (χ4n) is 8.32. The number of hydrogen-bond acceptors (Lipinski definition) is 5. The van der Waals surface area contributed by atoms with Gasteiger partial charge in [0.2, 0.25) is 5.91 Å². The molecule has 1 amide bonds. The molecule has 0 radical (unpaired) electrons. The summed E-state index contributed by atoms with van der Waals surface area (Å²) in [7, 11) is 0. The summed E-state index contributed by atoms with van der Waals surface area (Å²) in [6, 6.07) is 8.05. The van der Waals surface area contributed by atoms with Gasteiger partial charge in [0.05, 0.1) is 10.9 Å². The van der Waals surface area contributed by atoms with Gasteiger partial charge in [-0.2, -0.15) is 0 Å². The Labute approximate surface area is 221 Å². The fourth-order valence-corrected chi connectivity index (χ4v) is 8.32. The van der Waals surface area contributed by atoms with Gasteiger partial charge in [0.1, 0.15) is 13.1 Å². The second-order valence-corrected chi connectivity index (χ2v) is 12.1. The second-order valence-electron chi connectivity index (χ2n) is 12.1. The quantitative estimate of drug-likeness (QED) is 0.603. The van der Waals surface area contributed by atoms with Crippen LogP contribution in [0.25, 0.3) is 10.9 Å². The Bertz CT molecular complexity index is 1320. The minimum Gasteiger partial charge on any atom is -0.480 e. The Morgan fingerprint density at radius 2 is 1.50 bits per heavy atom. The molecule has 4 atom stereocenters. The first-order chi connectivity index (χ1) is 18.4. The molecule has 6 rings (SSSR count). The van der Waals surface area contributed by atoms with Crippen LogP contribution in [0.5, 0.6) is 0 Å². The molecule has 3 heterocycles. The van der Waals surface area contributed by atoms with E-state index in [9.17, 15) is 19.2 Å². The molecule has 4 fully saturated rings. The van der Waals surface area contributed by atoms with E-state index in [1.807, 2.05) is 0 Å². The van der Waals surface area contributed by atoms with E-state index in [1.54, 1.807) is 24.3 Å². The SMILES string of the molecule is O=C(O)CNC(=O)Cn1c(=O)n(C2CC3CCCC(C2)N3C2CC3CCCC(C3)C2)c(=O)c2ccccc21. The van der Waals surface area contributed by atoms with Crippen LogP contribution in [0.3, 0.4) is 0 Å². The molecule has 4 aliphatic rings. The van der Waals surface area contributed by atoms with Crippen LogP contribution in [0.2, 0.25) is 0 Å². The van der Waals surface area contributed by atoms with Crippen molar-refractivity contribution < 1.29 is 14.7 Å². The third-order valence-corrected chi connectivity index (χ3v) is 9.71. The number of aromatic nitrogens is 2. The summed E-state index contributed by atoms with van der Waals surface area (Å²) < 4.78 is 2.74. The van der Waals surface area contributed by atoms with E-state index < -0.39 is 24.1 Å². The number of nitrogens with zero attached hydrogens (tertiary/aromatic N) is 3. The zero-order valence-corrected chi connectivity index (χ0v) is 21.9. The lowest BCUT2D eigenvalue weighted by atomic mass is 9.68. The number of fused-ring (bicyclic) bond motifs is 5. The molecule has 4 bridgehead atoms. The normalized spacial score (nSPS) is 31.2. The lowest BCUT2D eigenvalue weighted by Gasteiger charge is -2.55. The van der Waals surface area contributed by atoms with Gasteiger partial charge in [0.25, 0.3) is 5.56 Å². The van der Waals surface area contributed by atoms with Crippen molar-refractivity contribution in [2.45, 2.75) is 101 Å². The van der Waals surface area contributed by atoms with Crippen LogP contribution >= 0.6 is 0 Å². The summed E-state index contributed by atoms with van der Waals surface area (Å²) in [5, 5.41) is 11.7. The zero-order valence-electron chi connectivity index (χ0n) is 21.9. The van der Waals surface area contributed by atoms with E-state index >= 15 is 0 Å². The van der Waals surface area contributed by atoms with Crippen LogP contribution < -0.4 is 16.6 Å². The molecule has 2 aliphatic heterocycles. The number of rotatable bonds is 6. The average molecular weight is 523 g/mol. The van der Waals surface area contributed by atoms with Crippen molar-refractivity contribution in [3.05, 3.63) is 45.1 Å². The number of amides is 1. The molecule has 2 aromatic rings. The van der Waals surface area contributed by atoms with Gasteiger partial charge in [-0.15, -0.1) is 0 Å². The molecule has 4 unspecified atom stereocenters. The number of hydrogen-bond donors (Lipinski definition) is 2. The maximum Gasteiger partial charge on any atom is 0.332 e. The highest BCUT2D eigenvalue weighted by Gasteiger charge is 2.45. The van der Waals surface area contributed by atoms with Crippen LogP contribution in [0.1, 0.15) is 76.7 Å². The number of benzene rings is 1. The number of para-hydroxylation sites is 1. The standard InChI is InChI=1S/C29H38N4O5/c34-26(30-16-27(35)36)17-31-25-10-2-1-9-24(25)28(37)33(29(31)38)23-14-20-7-4-8-21(15-23)32(20)22-12-18-5-3-6-19(11-18)13-22/h1-2,9-10,18-23H,3-8,11-17H2,(H,30,34)(H,35,36). The Morgan fingerprint density at radius 1 is 0.842 bits per heavy atom. The number of carbonyl (C=O) groups excluding carboxylic acids is 1. The smallest absolute Gasteiger partial charge is 0.332 e. The average Bonchev–Trinajstić information content (AvgIpc) is 2.89. The Kier molecular flexibility index (Phi) is 6.88. The number of nitrogens with one attached hydrogen (secondary N) is 1. The minimum absolute atomic E-state index is 0.206. The lowest BCUT2D eigenvalue weighted by molar-refractivity contribution is -0.138. The topological polar surface area (TPSA) is 114 Å². The van der Waals surface area contributed by atoms with Gasteiger partial charge in [-0.05, 0) is 68.9 Å². The third kappa shape index (κ3) is 4.70. The van der Waals surface area contributed by atoms with Gasteiger partial charge in [0.15, 0.2) is 0 Å². The Balaban J connectivity index is 1.32. The first-order valence-electron chi connectivity index (χ1n) is 14.4. The molecular weight excluding hydrogens is 484 g/mol. The molecule has 1 aromatic carbocycles. The number of carboxylic acids is 1. The first-order valence-corrected chi connectivity index (χ1v) is 14.4. The number of piperidine rings is 2. The van der Waals surface area contributed by atoms with E-state index in [2.05, 4.69) is 10.2 Å². The Morgan fingerprint density at radius 3 is 2.18 bits per heavy atom. The maximum absolute atomic E-state index is 13.8. The van der Waals surface area contributed by atoms with Crippen LogP contribution in [-0.4, -0.2) is 55.7 Å². The summed E-state index contributed by atoms with van der Waals surface area (Å²) in [4.78, 5) is 53.7. The van der Waals surface area contributed by atoms with Crippen molar-refractivity contribution in [2.75, 3.05) is 6.54 Å². The van der Waals surface area contributed by atoms with Crippen molar-refractivity contribution >= 4 is 22.8 Å². The zero-order chi connectivity index (χ0) is 26.4. The van der Waals surface area contributed by atoms with Crippen molar-refractivity contribution in [3.8, 4) is 0 Å². The van der Waals surface area contributed by atoms with Gasteiger partial charge >= 0.3 is 11.7 Å². The molecule has 2 saturated carbocycles. The largest absolute Gasteiger partial charge is 0.480 e. The van der Waals surface area contributed by atoms with Gasteiger partial charge in [-0.1, -0.05) is 37.8 Å². The highest BCUT2D eigenvalue weighted by molar-refractivity contribution is 5.83. The molecule has 2 saturated heterocycles. The van der Waals surface area contributed by atoms with E-state index in [4.69, 9.17) is 5.11 Å². The van der Waals surface area contributed by atoms with Gasteiger partial charge in [0, 0.05) is 24.2 Å². The highest BCUT2D eigenvalue weighted by atomic mass is 16.4. The maximum atomic E-state index is 13.8. The van der Waals surface area contributed by atoms with Crippen LogP contribution in [0.4, 0.5) is 0 Å². The van der Waals surface area contributed by atoms with Gasteiger partial charge in [-0.25, -0.2) is 4.79 Å². The second kappa shape index (κ2) is 10.3. The predicted molar refractivity (Wildman–Crippen MR) is 143 cm³/mol. The summed E-state index contributed by atoms with van der Waals surface area (Å²) >= 11 is 0. The summed E-state index contributed by atoms with van der Waals surface area (Å²) in [6.45, 7) is -0.848. The van der Waals surface area contributed by atoms with E-state index in [0.29, 0.717) is 29.0 Å². The van der Waals surface area contributed by atoms with Crippen molar-refractivity contribution in [1.82, 2.24) is 19.4 Å². The van der Waals surface area contributed by atoms with Crippen LogP contribution in [0.15, 0.2) is 33.9 Å². The van der Waals surface area contributed by atoms with Gasteiger partial charge < -0.3 is 10.4 Å². The van der Waals surface area contributed by atoms with Gasteiger partial charge in [-0.3, -0.25) is 28.4 Å². The van der Waals surface area contributed by atoms with Crippen molar-refractivity contribution in [2.24, 2.45) is 11.8 Å². The van der Waals surface area contributed by atoms with E-state index in [-0.39, 0.29) is 18.1 Å². The lowest BCUT2D eigenvalue weighted by Crippen LogP contribution is -2.59. The molecule has 1 aromatic heterocycles. The summed E-state index contributed by atoms with van der Waals surface area (Å²) in [5.41, 5.74) is -0.380. The minimum atomic E-state index is -1.15. The molecule has 2 aliphatic carbocycles. The highest BCUT2D eigenvalue weighted by Crippen LogP contribution is 2.47. The molecule has 38 heavy (non-hydrogen) atoms.